The van der Waals surface area contributed by atoms with Gasteiger partial charge in [0.05, 0.1) is 0 Å². The van der Waals surface area contributed by atoms with Crippen LogP contribution in [0, 0.1) is 0 Å². The van der Waals surface area contributed by atoms with Gasteiger partial charge >= 0.3 is 198 Å². The normalized spacial score (nSPS) is 14.7. The van der Waals surface area contributed by atoms with Crippen LogP contribution in [0.4, 0.5) is 0 Å². The summed E-state index contributed by atoms with van der Waals surface area (Å²) < 4.78 is 5.56. The predicted octanol–water partition coefficient (Wildman–Crippen LogP) is 10.7. The van der Waals surface area contributed by atoms with Crippen molar-refractivity contribution in [2.24, 2.45) is 0 Å². The molecule has 0 saturated heterocycles. The molecule has 43 heavy (non-hydrogen) atoms. The molecule has 1 aromatic heterocycles. The zero-order valence-corrected chi connectivity index (χ0v) is 26.9. The quantitative estimate of drug-likeness (QED) is 0.168. The summed E-state index contributed by atoms with van der Waals surface area (Å²) in [4.78, 5) is 0. The van der Waals surface area contributed by atoms with Gasteiger partial charge in [-0.15, -0.1) is 0 Å². The van der Waals surface area contributed by atoms with Gasteiger partial charge in [0, 0.05) is 0 Å². The topological polar surface area (TPSA) is 4.93 Å². The molecule has 9 rings (SSSR count). The molecule has 2 heterocycles. The molecule has 0 fully saturated rings. The maximum atomic E-state index is 2.50. The monoisotopic (exact) mass is 648 g/mol. The van der Waals surface area contributed by atoms with E-state index in [1.165, 1.54) is 76.5 Å². The fourth-order valence-electron chi connectivity index (χ4n) is 7.08. The molecule has 7 aromatic carbocycles. The first-order chi connectivity index (χ1) is 21.3. The standard InChI is InChI=1S/C41H27N.In/c1-2-3-5-12-28-19-22-37-38-24-21-30-26-31(39-27-29-13-8-9-16-33(29)35-17-10-11-18-36(35)39)20-23-34(30)41(38)42(40(37)25-28)32-14-6-4-7-15-32;/h1-27H;. The van der Waals surface area contributed by atoms with Crippen molar-refractivity contribution in [1.82, 2.24) is 4.57 Å². The van der Waals surface area contributed by atoms with Crippen molar-refractivity contribution < 1.29 is 0 Å². The molecular formula is C41H27InN. The fourth-order valence-corrected chi connectivity index (χ4v) is 10.5. The molecule has 2 heteroatoms. The van der Waals surface area contributed by atoms with Crippen molar-refractivity contribution in [1.29, 1.82) is 0 Å². The van der Waals surface area contributed by atoms with Crippen LogP contribution in [-0.2, 0) is 0 Å². The van der Waals surface area contributed by atoms with Crippen LogP contribution in [0.5, 0.6) is 0 Å². The van der Waals surface area contributed by atoms with Crippen LogP contribution in [-0.4, -0.2) is 27.5 Å². The van der Waals surface area contributed by atoms with Crippen LogP contribution in [0.2, 0.25) is 0 Å². The summed E-state index contributed by atoms with van der Waals surface area (Å²) in [6.45, 7) is 0. The molecule has 1 atom stereocenters. The van der Waals surface area contributed by atoms with Crippen LogP contribution >= 0.6 is 0 Å². The average molecular weight is 648 g/mol. The molecule has 1 unspecified atom stereocenters. The van der Waals surface area contributed by atoms with Gasteiger partial charge in [0.25, 0.3) is 0 Å². The molecule has 1 nitrogen and oxygen atoms in total. The molecular weight excluding hydrogens is 621 g/mol. The minimum absolute atomic E-state index is 0.600. The van der Waals surface area contributed by atoms with Gasteiger partial charge in [0.15, 0.2) is 0 Å². The Morgan fingerprint density at radius 1 is 0.512 bits per heavy atom. The van der Waals surface area contributed by atoms with Crippen molar-refractivity contribution in [2.75, 3.05) is 0 Å². The van der Waals surface area contributed by atoms with Crippen molar-refractivity contribution in [3.63, 3.8) is 0 Å². The van der Waals surface area contributed by atoms with E-state index < -0.39 is 22.9 Å². The zero-order chi connectivity index (χ0) is 28.3. The second-order valence-electron chi connectivity index (χ2n) is 11.5. The van der Waals surface area contributed by atoms with Crippen LogP contribution < -0.4 is 0 Å². The first kappa shape index (κ1) is 25.0. The number of hydrogen-bond acceptors (Lipinski definition) is 0. The third-order valence-electron chi connectivity index (χ3n) is 9.11. The molecule has 1 aliphatic heterocycles. The number of rotatable bonds is 3. The van der Waals surface area contributed by atoms with E-state index in [1.807, 2.05) is 0 Å². The van der Waals surface area contributed by atoms with Crippen LogP contribution in [0.15, 0.2) is 156 Å². The molecule has 0 saturated carbocycles. The molecule has 0 aliphatic carbocycles. The number of para-hydroxylation sites is 1. The van der Waals surface area contributed by atoms with E-state index in [9.17, 15) is 0 Å². The van der Waals surface area contributed by atoms with Gasteiger partial charge in [-0.1, -0.05) is 48.5 Å². The summed E-state index contributed by atoms with van der Waals surface area (Å²) in [5.41, 5.74) is 7.77. The van der Waals surface area contributed by atoms with E-state index in [0.29, 0.717) is 3.67 Å². The van der Waals surface area contributed by atoms with Crippen LogP contribution in [0.1, 0.15) is 9.24 Å². The number of benzene rings is 7. The van der Waals surface area contributed by atoms with Gasteiger partial charge in [-0.2, -0.15) is 0 Å². The number of hydrogen-bond donors (Lipinski definition) is 0. The Balaban J connectivity index is 1.31. The van der Waals surface area contributed by atoms with Gasteiger partial charge in [-0.3, -0.25) is 0 Å². The molecule has 0 bridgehead atoms. The van der Waals surface area contributed by atoms with E-state index >= 15 is 0 Å². The third kappa shape index (κ3) is 4.01. The van der Waals surface area contributed by atoms with E-state index in [0.717, 1.165) is 0 Å². The van der Waals surface area contributed by atoms with Gasteiger partial charge in [0.2, 0.25) is 0 Å². The second kappa shape index (κ2) is 10.0. The summed E-state index contributed by atoms with van der Waals surface area (Å²) >= 11 is -0.815. The Labute approximate surface area is 261 Å². The molecule has 0 amide bonds. The Morgan fingerprint density at radius 2 is 1.26 bits per heavy atom. The summed E-state index contributed by atoms with van der Waals surface area (Å²) in [6.07, 6.45) is 6.87. The number of nitrogens with zero attached hydrogens (tertiary/aromatic N) is 1. The second-order valence-corrected chi connectivity index (χ2v) is 15.8. The summed E-state index contributed by atoms with van der Waals surface area (Å²) in [7, 11) is 0. The van der Waals surface area contributed by atoms with Crippen molar-refractivity contribution in [2.45, 2.75) is 3.67 Å². The van der Waals surface area contributed by atoms with Crippen molar-refractivity contribution >= 4 is 77.0 Å². The van der Waals surface area contributed by atoms with Crippen LogP contribution in [0.3, 0.4) is 0 Å². The first-order valence-corrected chi connectivity index (χ1v) is 18.8. The Morgan fingerprint density at radius 3 is 2.12 bits per heavy atom. The van der Waals surface area contributed by atoms with Gasteiger partial charge in [0.1, 0.15) is 0 Å². The Bertz CT molecular complexity index is 2430. The van der Waals surface area contributed by atoms with E-state index in [2.05, 4.69) is 160 Å². The number of allylic oxidation sites excluding steroid dienone is 3. The first-order valence-electron chi connectivity index (χ1n) is 15.0. The molecule has 199 valence electrons. The number of aromatic nitrogens is 1. The maximum absolute atomic E-state index is 2.50. The molecule has 1 radical (unpaired) electrons. The zero-order valence-electron chi connectivity index (χ0n) is 23.6. The summed E-state index contributed by atoms with van der Waals surface area (Å²) in [5.74, 6) is 0. The summed E-state index contributed by atoms with van der Waals surface area (Å²) in [5, 5.41) is 10.4. The molecule has 1 aliphatic rings. The fraction of sp³-hybridized carbons (Fsp3) is 0.0244. The van der Waals surface area contributed by atoms with E-state index in [-0.39, 0.29) is 0 Å². The Kier molecular flexibility index (Phi) is 5.84. The summed E-state index contributed by atoms with van der Waals surface area (Å²) in [6, 6.07) is 49.7. The van der Waals surface area contributed by atoms with Crippen LogP contribution in [0.25, 0.3) is 70.9 Å². The van der Waals surface area contributed by atoms with Gasteiger partial charge in [-0.25, -0.2) is 0 Å². The van der Waals surface area contributed by atoms with E-state index in [1.54, 1.807) is 0 Å². The van der Waals surface area contributed by atoms with Crippen molar-refractivity contribution in [3.8, 4) is 16.8 Å². The Hall–Kier alpha value is -4.53. The SMILES string of the molecule is C1=[CH][In][CH](c2ccc3c4ccc5cc(-c6cc7ccccc7c7ccccc67)ccc5c4n(-c4ccccc4)c3c2)C=C1. The van der Waals surface area contributed by atoms with Crippen molar-refractivity contribution in [3.05, 3.63) is 161 Å². The van der Waals surface area contributed by atoms with E-state index in [4.69, 9.17) is 0 Å². The van der Waals surface area contributed by atoms with Gasteiger partial charge < -0.3 is 0 Å². The molecule has 8 aromatic rings. The van der Waals surface area contributed by atoms with Gasteiger partial charge in [-0.05, 0) is 16.2 Å². The molecule has 0 N–H and O–H groups in total. The number of fused-ring (bicyclic) bond motifs is 8. The predicted molar refractivity (Wildman–Crippen MR) is 186 cm³/mol. The molecule has 0 spiro atoms. The minimum atomic E-state index is -0.815. The third-order valence-corrected chi connectivity index (χ3v) is 13.3. The average Bonchev–Trinajstić information content (AvgIpc) is 3.42.